The topological polar surface area (TPSA) is 104 Å². The van der Waals surface area contributed by atoms with Crippen molar-refractivity contribution >= 4 is 23.6 Å². The van der Waals surface area contributed by atoms with Crippen molar-refractivity contribution in [2.24, 2.45) is 5.73 Å². The van der Waals surface area contributed by atoms with E-state index in [9.17, 15) is 14.7 Å². The number of aliphatic hydroxyl groups is 1. The van der Waals surface area contributed by atoms with Crippen molar-refractivity contribution < 1.29 is 19.8 Å². The molecular weight excluding hydrogens is 244 g/mol. The first-order valence-electron chi connectivity index (χ1n) is 5.43. The number of carbonyl (C=O) groups is 2. The van der Waals surface area contributed by atoms with Gasteiger partial charge in [-0.1, -0.05) is 0 Å². The van der Waals surface area contributed by atoms with E-state index in [4.69, 9.17) is 10.8 Å². The van der Waals surface area contributed by atoms with Crippen molar-refractivity contribution in [3.05, 3.63) is 0 Å². The van der Waals surface area contributed by atoms with Crippen LogP contribution in [0.1, 0.15) is 12.8 Å². The van der Waals surface area contributed by atoms with Gasteiger partial charge in [0, 0.05) is 13.0 Å². The summed E-state index contributed by atoms with van der Waals surface area (Å²) in [6.45, 7) is 0.0583. The Bertz CT molecular complexity index is 300. The number of rotatable bonds is 5. The van der Waals surface area contributed by atoms with Gasteiger partial charge in [-0.25, -0.2) is 4.79 Å². The van der Waals surface area contributed by atoms with Crippen molar-refractivity contribution in [3.8, 4) is 0 Å². The number of carbonyl (C=O) groups excluding carboxylic acids is 1. The Kier molecular flexibility index (Phi) is 5.23. The quantitative estimate of drug-likeness (QED) is 0.594. The predicted molar refractivity (Wildman–Crippen MR) is 64.7 cm³/mol. The zero-order chi connectivity index (χ0) is 13.0. The maximum atomic E-state index is 11.9. The average molecular weight is 262 g/mol. The molecule has 1 aliphatic rings. The molecule has 1 saturated heterocycles. The van der Waals surface area contributed by atoms with Crippen LogP contribution in [0.4, 0.5) is 0 Å². The molecule has 4 N–H and O–H groups in total. The second-order valence-electron chi connectivity index (χ2n) is 4.12. The number of carboxylic acids is 1. The van der Waals surface area contributed by atoms with Gasteiger partial charge in [0.1, 0.15) is 6.04 Å². The molecule has 98 valence electrons. The van der Waals surface area contributed by atoms with Crippen molar-refractivity contribution in [1.29, 1.82) is 0 Å². The highest BCUT2D eigenvalue weighted by molar-refractivity contribution is 7.98. The van der Waals surface area contributed by atoms with E-state index >= 15 is 0 Å². The van der Waals surface area contributed by atoms with Crippen LogP contribution in [-0.2, 0) is 9.59 Å². The number of nitrogens with two attached hydrogens (primary N) is 1. The number of thioether (sulfide) groups is 1. The number of hydrogen-bond donors (Lipinski definition) is 3. The minimum absolute atomic E-state index is 0.0583. The van der Waals surface area contributed by atoms with Gasteiger partial charge in [0.2, 0.25) is 5.91 Å². The maximum absolute atomic E-state index is 11.9. The number of amides is 1. The van der Waals surface area contributed by atoms with Crippen molar-refractivity contribution in [2.45, 2.75) is 31.0 Å². The van der Waals surface area contributed by atoms with E-state index in [1.807, 2.05) is 6.26 Å². The third-order valence-electron chi connectivity index (χ3n) is 2.80. The molecule has 0 aliphatic carbocycles. The number of β-amino-alcohol motifs (C(OH)–C–C–N with tert-alkyl or cyclic N) is 1. The van der Waals surface area contributed by atoms with E-state index in [-0.39, 0.29) is 18.9 Å². The zero-order valence-electron chi connectivity index (χ0n) is 9.70. The van der Waals surface area contributed by atoms with Crippen molar-refractivity contribution in [3.63, 3.8) is 0 Å². The van der Waals surface area contributed by atoms with Gasteiger partial charge in [-0.3, -0.25) is 4.79 Å². The van der Waals surface area contributed by atoms with Crippen LogP contribution in [0.5, 0.6) is 0 Å². The van der Waals surface area contributed by atoms with Crippen LogP contribution >= 0.6 is 11.8 Å². The number of hydrogen-bond acceptors (Lipinski definition) is 5. The highest BCUT2D eigenvalue weighted by atomic mass is 32.2. The molecule has 17 heavy (non-hydrogen) atoms. The van der Waals surface area contributed by atoms with E-state index in [2.05, 4.69) is 0 Å². The van der Waals surface area contributed by atoms with Gasteiger partial charge < -0.3 is 20.8 Å². The minimum Gasteiger partial charge on any atom is -0.480 e. The van der Waals surface area contributed by atoms with E-state index in [0.29, 0.717) is 6.42 Å². The summed E-state index contributed by atoms with van der Waals surface area (Å²) < 4.78 is 0. The Labute approximate surface area is 104 Å². The molecule has 0 unspecified atom stereocenters. The first-order valence-corrected chi connectivity index (χ1v) is 6.82. The minimum atomic E-state index is -1.09. The summed E-state index contributed by atoms with van der Waals surface area (Å²) in [4.78, 5) is 24.1. The fraction of sp³-hybridized carbons (Fsp3) is 0.800. The van der Waals surface area contributed by atoms with Gasteiger partial charge in [-0.05, 0) is 18.4 Å². The molecule has 0 saturated carbocycles. The van der Waals surface area contributed by atoms with Crippen LogP contribution in [0.25, 0.3) is 0 Å². The van der Waals surface area contributed by atoms with E-state index in [1.54, 1.807) is 11.8 Å². The maximum Gasteiger partial charge on any atom is 0.326 e. The lowest BCUT2D eigenvalue weighted by Gasteiger charge is -2.24. The molecular formula is C10H18N2O4S. The monoisotopic (exact) mass is 262 g/mol. The Morgan fingerprint density at radius 1 is 1.59 bits per heavy atom. The van der Waals surface area contributed by atoms with Gasteiger partial charge in [0.15, 0.2) is 0 Å². The highest BCUT2D eigenvalue weighted by Gasteiger charge is 2.40. The first-order chi connectivity index (χ1) is 7.97. The number of carboxylic acid groups (broad SMARTS) is 1. The number of aliphatic carboxylic acids is 1. The molecule has 0 radical (unpaired) electrons. The van der Waals surface area contributed by atoms with Crippen LogP contribution in [-0.4, -0.2) is 63.7 Å². The molecule has 1 fully saturated rings. The summed E-state index contributed by atoms with van der Waals surface area (Å²) >= 11 is 1.58. The standard InChI is InChI=1S/C10H18N2O4S/c1-17-3-2-7(11)9(14)12-5-6(13)4-8(12)10(15)16/h6-8,13H,2-5,11H2,1H3,(H,15,16)/t6-,7+,8+/m1/s1. The smallest absolute Gasteiger partial charge is 0.326 e. The van der Waals surface area contributed by atoms with E-state index in [0.717, 1.165) is 5.75 Å². The Morgan fingerprint density at radius 2 is 2.24 bits per heavy atom. The van der Waals surface area contributed by atoms with Crippen LogP contribution in [0.2, 0.25) is 0 Å². The largest absolute Gasteiger partial charge is 0.480 e. The number of nitrogens with zero attached hydrogens (tertiary/aromatic N) is 1. The molecule has 0 spiro atoms. The van der Waals surface area contributed by atoms with Crippen LogP contribution in [0.15, 0.2) is 0 Å². The summed E-state index contributed by atoms with van der Waals surface area (Å²) in [5, 5.41) is 18.4. The number of aliphatic hydroxyl groups excluding tert-OH is 1. The Hall–Kier alpha value is -0.790. The summed E-state index contributed by atoms with van der Waals surface area (Å²) in [6.07, 6.45) is 1.74. The third-order valence-corrected chi connectivity index (χ3v) is 3.44. The predicted octanol–water partition coefficient (Wildman–Crippen LogP) is -0.887. The van der Waals surface area contributed by atoms with Crippen molar-refractivity contribution in [2.75, 3.05) is 18.6 Å². The Balaban J connectivity index is 2.63. The lowest BCUT2D eigenvalue weighted by atomic mass is 10.1. The fourth-order valence-corrected chi connectivity index (χ4v) is 2.36. The molecule has 0 aromatic rings. The SMILES string of the molecule is CSCC[C@H](N)C(=O)N1C[C@H](O)C[C@H]1C(=O)O. The summed E-state index contributed by atoms with van der Waals surface area (Å²) in [5.41, 5.74) is 5.71. The van der Waals surface area contributed by atoms with Gasteiger partial charge >= 0.3 is 5.97 Å². The van der Waals surface area contributed by atoms with Gasteiger partial charge in [0.05, 0.1) is 12.1 Å². The third kappa shape index (κ3) is 3.58. The lowest BCUT2D eigenvalue weighted by Crippen LogP contribution is -2.48. The fourth-order valence-electron chi connectivity index (χ4n) is 1.87. The number of likely N-dealkylation sites (tertiary alicyclic amines) is 1. The molecule has 6 nitrogen and oxygen atoms in total. The Morgan fingerprint density at radius 3 is 2.76 bits per heavy atom. The summed E-state index contributed by atoms with van der Waals surface area (Å²) in [6, 6.07) is -1.63. The van der Waals surface area contributed by atoms with Gasteiger partial charge in [0.25, 0.3) is 0 Å². The van der Waals surface area contributed by atoms with Crippen LogP contribution in [0.3, 0.4) is 0 Å². The molecule has 0 bridgehead atoms. The summed E-state index contributed by atoms with van der Waals surface area (Å²) in [7, 11) is 0. The second-order valence-corrected chi connectivity index (χ2v) is 5.11. The molecule has 7 heteroatoms. The molecule has 3 atom stereocenters. The molecule has 1 amide bonds. The first kappa shape index (κ1) is 14.3. The average Bonchev–Trinajstić information content (AvgIpc) is 2.67. The highest BCUT2D eigenvalue weighted by Crippen LogP contribution is 2.19. The van der Waals surface area contributed by atoms with Crippen LogP contribution in [0, 0.1) is 0 Å². The van der Waals surface area contributed by atoms with Gasteiger partial charge in [-0.2, -0.15) is 11.8 Å². The molecule has 0 aromatic carbocycles. The normalized spacial score (nSPS) is 25.9. The molecule has 1 rings (SSSR count). The zero-order valence-corrected chi connectivity index (χ0v) is 10.5. The molecule has 1 aliphatic heterocycles. The van der Waals surface area contributed by atoms with Crippen LogP contribution < -0.4 is 5.73 Å². The molecule has 0 aromatic heterocycles. The van der Waals surface area contributed by atoms with Gasteiger partial charge in [-0.15, -0.1) is 0 Å². The molecule has 1 heterocycles. The summed E-state index contributed by atoms with van der Waals surface area (Å²) in [5.74, 6) is -0.726. The van der Waals surface area contributed by atoms with Crippen molar-refractivity contribution in [1.82, 2.24) is 4.90 Å². The second kappa shape index (κ2) is 6.23. The van der Waals surface area contributed by atoms with E-state index in [1.165, 1.54) is 4.90 Å². The van der Waals surface area contributed by atoms with E-state index < -0.39 is 24.2 Å². The lowest BCUT2D eigenvalue weighted by molar-refractivity contribution is -0.148.